The Morgan fingerprint density at radius 2 is 1.90 bits per heavy atom. The zero-order valence-electron chi connectivity index (χ0n) is 24.3. The highest BCUT2D eigenvalue weighted by Gasteiger charge is 2.38. The van der Waals surface area contributed by atoms with Crippen molar-refractivity contribution in [3.63, 3.8) is 0 Å². The SMILES string of the molecule is CC(C)C(O)C(N)=O.COC(=O)c1coc(-c2nc3oc2C2CCc4ccc(cc42)CCC(=O)NC3C(C)(C)C)n1. The first kappa shape index (κ1) is 30.0. The van der Waals surface area contributed by atoms with E-state index in [4.69, 9.17) is 29.4 Å². The number of oxazole rings is 2. The maximum Gasteiger partial charge on any atom is 0.360 e. The molecule has 1 aromatic carbocycles. The number of nitrogens with zero attached hydrogens (tertiary/aromatic N) is 2. The minimum Gasteiger partial charge on any atom is -0.464 e. The molecule has 3 atom stereocenters. The van der Waals surface area contributed by atoms with E-state index in [1.165, 1.54) is 24.5 Å². The molecule has 0 fully saturated rings. The van der Waals surface area contributed by atoms with Crippen LogP contribution in [0.2, 0.25) is 0 Å². The molecule has 5 rings (SSSR count). The van der Waals surface area contributed by atoms with Crippen molar-refractivity contribution in [3.8, 4) is 11.6 Å². The number of carbonyl (C=O) groups is 3. The summed E-state index contributed by atoms with van der Waals surface area (Å²) in [6, 6.07) is 5.98. The number of nitrogens with two attached hydrogens (primary N) is 1. The lowest BCUT2D eigenvalue weighted by Crippen LogP contribution is -2.37. The number of nitrogens with one attached hydrogen (secondary N) is 1. The largest absolute Gasteiger partial charge is 0.464 e. The molecule has 1 aliphatic carbocycles. The predicted molar refractivity (Wildman–Crippen MR) is 149 cm³/mol. The van der Waals surface area contributed by atoms with Crippen molar-refractivity contribution < 1.29 is 33.1 Å². The van der Waals surface area contributed by atoms with Crippen LogP contribution in [0.3, 0.4) is 0 Å². The lowest BCUT2D eigenvalue weighted by atomic mass is 9.86. The molecule has 11 heteroatoms. The molecule has 2 amide bonds. The van der Waals surface area contributed by atoms with Gasteiger partial charge >= 0.3 is 5.97 Å². The number of amides is 2. The van der Waals surface area contributed by atoms with E-state index >= 15 is 0 Å². The van der Waals surface area contributed by atoms with Crippen LogP contribution in [0.15, 0.2) is 33.3 Å². The summed E-state index contributed by atoms with van der Waals surface area (Å²) in [4.78, 5) is 44.0. The van der Waals surface area contributed by atoms with E-state index in [1.807, 2.05) is 20.8 Å². The van der Waals surface area contributed by atoms with Crippen molar-refractivity contribution in [3.05, 3.63) is 58.5 Å². The predicted octanol–water partition coefficient (Wildman–Crippen LogP) is 3.83. The van der Waals surface area contributed by atoms with Gasteiger partial charge in [-0.15, -0.1) is 0 Å². The van der Waals surface area contributed by atoms with Crippen molar-refractivity contribution in [1.29, 1.82) is 0 Å². The number of methoxy groups -OCH3 is 1. The minimum atomic E-state index is -0.991. The average Bonchev–Trinajstić information content (AvgIpc) is 3.66. The monoisotopic (exact) mass is 566 g/mol. The summed E-state index contributed by atoms with van der Waals surface area (Å²) in [5, 5.41) is 11.8. The van der Waals surface area contributed by atoms with Crippen molar-refractivity contribution in [1.82, 2.24) is 15.3 Å². The van der Waals surface area contributed by atoms with Crippen molar-refractivity contribution in [2.45, 2.75) is 78.4 Å². The zero-order chi connectivity index (χ0) is 30.1. The molecule has 3 heterocycles. The normalized spacial score (nSPS) is 18.9. The van der Waals surface area contributed by atoms with Crippen molar-refractivity contribution >= 4 is 17.8 Å². The number of esters is 1. The molecule has 2 aliphatic rings. The van der Waals surface area contributed by atoms with Gasteiger partial charge in [-0.2, -0.15) is 0 Å². The van der Waals surface area contributed by atoms with Gasteiger partial charge < -0.3 is 29.7 Å². The summed E-state index contributed by atoms with van der Waals surface area (Å²) in [5.41, 5.74) is 8.49. The second-order valence-electron chi connectivity index (χ2n) is 11.9. The number of aliphatic hydroxyl groups is 1. The summed E-state index contributed by atoms with van der Waals surface area (Å²) < 4.78 is 16.8. The van der Waals surface area contributed by atoms with E-state index in [2.05, 4.69) is 28.5 Å². The minimum absolute atomic E-state index is 0.0135. The number of carbonyl (C=O) groups excluding carboxylic acids is 3. The second-order valence-corrected chi connectivity index (χ2v) is 11.9. The Morgan fingerprint density at radius 3 is 2.51 bits per heavy atom. The Balaban J connectivity index is 0.000000426. The van der Waals surface area contributed by atoms with Crippen molar-refractivity contribution in [2.75, 3.05) is 7.11 Å². The van der Waals surface area contributed by atoms with Gasteiger partial charge in [0.1, 0.15) is 24.2 Å². The topological polar surface area (TPSA) is 171 Å². The molecule has 1 aliphatic heterocycles. The summed E-state index contributed by atoms with van der Waals surface area (Å²) in [6.07, 6.45) is 3.13. The maximum absolute atomic E-state index is 12.8. The standard InChI is InChI=1S/C25H27N3O5.C5H11NO2/c1-25(2,3)21-23-28-19(22-26-17(12-32-22)24(30)31-4)20(33-23)15-9-8-14-7-5-13(11-16(14)15)6-10-18(29)27-21;1-3(2)4(7)5(6)8/h5,7,11-12,15,21H,6,8-10H2,1-4H3,(H,27,29);3-4,7H,1-2H3,(H2,6,8). The number of rotatable bonds is 4. The maximum atomic E-state index is 12.8. The summed E-state index contributed by atoms with van der Waals surface area (Å²) in [7, 11) is 1.29. The van der Waals surface area contributed by atoms with E-state index in [9.17, 15) is 14.4 Å². The van der Waals surface area contributed by atoms with Gasteiger partial charge in [0.15, 0.2) is 11.4 Å². The first-order valence-electron chi connectivity index (χ1n) is 13.7. The molecule has 0 saturated heterocycles. The smallest absolute Gasteiger partial charge is 0.360 e. The molecule has 3 unspecified atom stereocenters. The second kappa shape index (κ2) is 11.9. The van der Waals surface area contributed by atoms with Crippen molar-refractivity contribution in [2.24, 2.45) is 17.1 Å². The van der Waals surface area contributed by atoms with Crippen LogP contribution in [0.25, 0.3) is 11.6 Å². The van der Waals surface area contributed by atoms with Crippen LogP contribution in [0, 0.1) is 11.3 Å². The summed E-state index contributed by atoms with van der Waals surface area (Å²) in [5.74, 6) is -0.145. The number of aliphatic hydroxyl groups excluding tert-OH is 1. The summed E-state index contributed by atoms with van der Waals surface area (Å²) >= 11 is 0. The molecule has 220 valence electrons. The van der Waals surface area contributed by atoms with E-state index in [-0.39, 0.29) is 34.7 Å². The molecule has 11 nitrogen and oxygen atoms in total. The Morgan fingerprint density at radius 1 is 1.17 bits per heavy atom. The highest BCUT2D eigenvalue weighted by molar-refractivity contribution is 5.87. The van der Waals surface area contributed by atoms with Crippen LogP contribution in [0.5, 0.6) is 0 Å². The fourth-order valence-corrected chi connectivity index (χ4v) is 4.99. The van der Waals surface area contributed by atoms with Gasteiger partial charge in [-0.1, -0.05) is 52.8 Å². The molecule has 2 aromatic heterocycles. The van der Waals surface area contributed by atoms with E-state index in [0.29, 0.717) is 30.2 Å². The van der Waals surface area contributed by atoms with Gasteiger partial charge in [0, 0.05) is 12.3 Å². The Bertz CT molecular complexity index is 1430. The molecule has 0 saturated carbocycles. The Kier molecular flexibility index (Phi) is 8.67. The first-order chi connectivity index (χ1) is 19.3. The third-order valence-corrected chi connectivity index (χ3v) is 7.36. The first-order valence-corrected chi connectivity index (χ1v) is 13.7. The highest BCUT2D eigenvalue weighted by Crippen LogP contribution is 2.45. The highest BCUT2D eigenvalue weighted by atomic mass is 16.5. The van der Waals surface area contributed by atoms with Gasteiger partial charge in [-0.05, 0) is 47.3 Å². The van der Waals surface area contributed by atoms with Crippen LogP contribution in [0.4, 0.5) is 0 Å². The molecule has 0 spiro atoms. The van der Waals surface area contributed by atoms with Gasteiger partial charge in [0.2, 0.25) is 23.6 Å². The lowest BCUT2D eigenvalue weighted by molar-refractivity contribution is -0.128. The van der Waals surface area contributed by atoms with Crippen LogP contribution in [-0.2, 0) is 27.2 Å². The fraction of sp³-hybridized carbons (Fsp3) is 0.500. The van der Waals surface area contributed by atoms with Gasteiger partial charge in [0.25, 0.3) is 0 Å². The fourth-order valence-electron chi connectivity index (χ4n) is 4.99. The summed E-state index contributed by atoms with van der Waals surface area (Å²) in [6.45, 7) is 9.56. The Labute approximate surface area is 238 Å². The molecule has 4 N–H and O–H groups in total. The Hall–Kier alpha value is -3.99. The lowest BCUT2D eigenvalue weighted by Gasteiger charge is -2.29. The number of hydrogen-bond donors (Lipinski definition) is 3. The third-order valence-electron chi connectivity index (χ3n) is 7.36. The van der Waals surface area contributed by atoms with Crippen LogP contribution < -0.4 is 11.1 Å². The van der Waals surface area contributed by atoms with Crippen LogP contribution in [-0.4, -0.2) is 46.1 Å². The van der Waals surface area contributed by atoms with E-state index < -0.39 is 24.0 Å². The molecule has 4 bridgehead atoms. The van der Waals surface area contributed by atoms with Gasteiger partial charge in [-0.25, -0.2) is 14.8 Å². The van der Waals surface area contributed by atoms with E-state index in [1.54, 1.807) is 13.8 Å². The number of hydrogen-bond acceptors (Lipinski definition) is 9. The molecule has 0 radical (unpaired) electrons. The van der Waals surface area contributed by atoms with Gasteiger partial charge in [0.05, 0.1) is 7.11 Å². The average molecular weight is 567 g/mol. The number of benzene rings is 1. The van der Waals surface area contributed by atoms with Crippen LogP contribution in [0.1, 0.15) is 98.2 Å². The zero-order valence-corrected chi connectivity index (χ0v) is 24.3. The van der Waals surface area contributed by atoms with Crippen LogP contribution >= 0.6 is 0 Å². The molecular formula is C30H38N4O7. The van der Waals surface area contributed by atoms with Gasteiger partial charge in [-0.3, -0.25) is 9.59 Å². The quantitative estimate of drug-likeness (QED) is 0.397. The van der Waals surface area contributed by atoms with E-state index in [0.717, 1.165) is 18.4 Å². The number of fused-ring (bicyclic) bond motifs is 4. The number of ether oxygens (including phenoxy) is 1. The molecular weight excluding hydrogens is 528 g/mol. The molecule has 41 heavy (non-hydrogen) atoms. The number of aromatic nitrogens is 2. The number of primary amides is 1. The number of aryl methyl sites for hydroxylation is 2. The third kappa shape index (κ3) is 6.51. The molecule has 3 aromatic rings.